The molecule has 0 fully saturated rings. The van der Waals surface area contributed by atoms with Gasteiger partial charge in [-0.1, -0.05) is 53.3 Å². The topological polar surface area (TPSA) is 42.0 Å². The third-order valence-electron chi connectivity index (χ3n) is 3.23. The predicted molar refractivity (Wildman–Crippen MR) is 91.5 cm³/mol. The minimum absolute atomic E-state index is 0.110. The van der Waals surface area contributed by atoms with E-state index in [9.17, 15) is 4.79 Å². The van der Waals surface area contributed by atoms with Gasteiger partial charge in [0.1, 0.15) is 0 Å². The van der Waals surface area contributed by atoms with Crippen molar-refractivity contribution in [3.8, 4) is 0 Å². The molecule has 0 radical (unpaired) electrons. The van der Waals surface area contributed by atoms with Gasteiger partial charge < -0.3 is 5.32 Å². The number of para-hydroxylation sites is 1. The molecule has 0 aliphatic heterocycles. The lowest BCUT2D eigenvalue weighted by Gasteiger charge is -2.05. The third kappa shape index (κ3) is 3.03. The van der Waals surface area contributed by atoms with Crippen LogP contribution in [0.5, 0.6) is 0 Å². The number of nitrogens with one attached hydrogen (secondary N) is 1. The molecule has 1 aromatic heterocycles. The minimum Gasteiger partial charge on any atom is -0.331 e. The molecule has 0 saturated carbocycles. The Kier molecular flexibility index (Phi) is 4.22. The Hall–Kier alpha value is -2.17. The Morgan fingerprint density at radius 2 is 1.86 bits per heavy atom. The number of carbonyl (C=O) groups is 1. The van der Waals surface area contributed by atoms with Crippen LogP contribution in [0.4, 0.5) is 10.8 Å². The van der Waals surface area contributed by atoms with Gasteiger partial charge in [-0.2, -0.15) is 0 Å². The van der Waals surface area contributed by atoms with Crippen LogP contribution in [0.1, 0.15) is 20.8 Å². The summed E-state index contributed by atoms with van der Waals surface area (Å²) in [5.41, 5.74) is 2.60. The van der Waals surface area contributed by atoms with Crippen LogP contribution in [0.2, 0.25) is 5.02 Å². The van der Waals surface area contributed by atoms with Crippen molar-refractivity contribution in [2.24, 2.45) is 0 Å². The SMILES string of the molecule is Cc1ccccc1Nc1ncc(C(=O)c2ccccc2Cl)s1. The highest BCUT2D eigenvalue weighted by Crippen LogP contribution is 2.27. The molecule has 0 amide bonds. The second-order valence-corrected chi connectivity index (χ2v) is 6.22. The lowest BCUT2D eigenvalue weighted by molar-refractivity contribution is 0.104. The Morgan fingerprint density at radius 1 is 1.14 bits per heavy atom. The Labute approximate surface area is 137 Å². The zero-order valence-electron chi connectivity index (χ0n) is 11.8. The maximum absolute atomic E-state index is 12.5. The number of hydrogen-bond acceptors (Lipinski definition) is 4. The fourth-order valence-electron chi connectivity index (χ4n) is 2.04. The van der Waals surface area contributed by atoms with Crippen molar-refractivity contribution in [2.75, 3.05) is 5.32 Å². The summed E-state index contributed by atoms with van der Waals surface area (Å²) in [4.78, 5) is 17.3. The first-order valence-corrected chi connectivity index (χ1v) is 7.92. The first kappa shape index (κ1) is 14.8. The molecule has 3 rings (SSSR count). The van der Waals surface area contributed by atoms with Crippen molar-refractivity contribution in [3.63, 3.8) is 0 Å². The minimum atomic E-state index is -0.110. The molecule has 0 saturated heterocycles. The highest BCUT2D eigenvalue weighted by molar-refractivity contribution is 7.17. The first-order valence-electron chi connectivity index (χ1n) is 6.73. The first-order chi connectivity index (χ1) is 10.6. The molecule has 0 bridgehead atoms. The van der Waals surface area contributed by atoms with Gasteiger partial charge in [0.15, 0.2) is 5.13 Å². The second-order valence-electron chi connectivity index (χ2n) is 4.78. The Morgan fingerprint density at radius 3 is 2.64 bits per heavy atom. The Balaban J connectivity index is 1.84. The van der Waals surface area contributed by atoms with Crippen molar-refractivity contribution in [3.05, 3.63) is 75.8 Å². The highest BCUT2D eigenvalue weighted by atomic mass is 35.5. The molecule has 1 heterocycles. The van der Waals surface area contributed by atoms with E-state index in [1.54, 1.807) is 30.5 Å². The van der Waals surface area contributed by atoms with E-state index in [1.165, 1.54) is 11.3 Å². The molecule has 110 valence electrons. The van der Waals surface area contributed by atoms with E-state index in [-0.39, 0.29) is 5.78 Å². The molecule has 0 aliphatic rings. The quantitative estimate of drug-likeness (QED) is 0.679. The van der Waals surface area contributed by atoms with Crippen molar-refractivity contribution >= 4 is 39.5 Å². The van der Waals surface area contributed by atoms with Crippen LogP contribution >= 0.6 is 22.9 Å². The second kappa shape index (κ2) is 6.30. The largest absolute Gasteiger partial charge is 0.331 e. The summed E-state index contributed by atoms with van der Waals surface area (Å²) in [5, 5.41) is 4.37. The molecule has 1 N–H and O–H groups in total. The lowest BCUT2D eigenvalue weighted by atomic mass is 10.1. The summed E-state index contributed by atoms with van der Waals surface area (Å²) in [6.07, 6.45) is 1.58. The maximum atomic E-state index is 12.5. The number of halogens is 1. The van der Waals surface area contributed by atoms with Crippen molar-refractivity contribution in [2.45, 2.75) is 6.92 Å². The molecular formula is C17H13ClN2OS. The number of hydrogen-bond donors (Lipinski definition) is 1. The number of aryl methyl sites for hydroxylation is 1. The number of ketones is 1. The molecule has 22 heavy (non-hydrogen) atoms. The van der Waals surface area contributed by atoms with Crippen LogP contribution in [0.3, 0.4) is 0 Å². The molecule has 5 heteroatoms. The zero-order chi connectivity index (χ0) is 15.5. The molecule has 0 aliphatic carbocycles. The molecule has 0 atom stereocenters. The van der Waals surface area contributed by atoms with Crippen LogP contribution in [-0.2, 0) is 0 Å². The van der Waals surface area contributed by atoms with Crippen LogP contribution in [-0.4, -0.2) is 10.8 Å². The van der Waals surface area contributed by atoms with E-state index < -0.39 is 0 Å². The van der Waals surface area contributed by atoms with Crippen LogP contribution < -0.4 is 5.32 Å². The average molecular weight is 329 g/mol. The monoisotopic (exact) mass is 328 g/mol. The summed E-state index contributed by atoms with van der Waals surface area (Å²) >= 11 is 7.39. The molecule has 3 nitrogen and oxygen atoms in total. The van der Waals surface area contributed by atoms with Crippen molar-refractivity contribution < 1.29 is 4.79 Å². The van der Waals surface area contributed by atoms with Crippen LogP contribution in [0, 0.1) is 6.92 Å². The van der Waals surface area contributed by atoms with Crippen molar-refractivity contribution in [1.29, 1.82) is 0 Å². The van der Waals surface area contributed by atoms with Gasteiger partial charge >= 0.3 is 0 Å². The normalized spacial score (nSPS) is 10.5. The van der Waals surface area contributed by atoms with Gasteiger partial charge in [-0.25, -0.2) is 4.98 Å². The predicted octanol–water partition coefficient (Wildman–Crippen LogP) is 5.08. The molecular weight excluding hydrogens is 316 g/mol. The summed E-state index contributed by atoms with van der Waals surface area (Å²) in [6.45, 7) is 2.02. The van der Waals surface area contributed by atoms with Gasteiger partial charge in [0, 0.05) is 11.3 Å². The number of rotatable bonds is 4. The molecule has 2 aromatic carbocycles. The van der Waals surface area contributed by atoms with Gasteiger partial charge in [0.05, 0.1) is 16.1 Å². The standard InChI is InChI=1S/C17H13ClN2OS/c1-11-6-2-5-9-14(11)20-17-19-10-15(22-17)16(21)12-7-3-4-8-13(12)18/h2-10H,1H3,(H,19,20). The zero-order valence-corrected chi connectivity index (χ0v) is 13.4. The highest BCUT2D eigenvalue weighted by Gasteiger charge is 2.15. The number of benzene rings is 2. The van der Waals surface area contributed by atoms with E-state index in [0.717, 1.165) is 11.3 Å². The Bertz CT molecular complexity index is 829. The maximum Gasteiger partial charge on any atom is 0.206 e. The van der Waals surface area contributed by atoms with E-state index in [4.69, 9.17) is 11.6 Å². The van der Waals surface area contributed by atoms with Gasteiger partial charge in [-0.05, 0) is 30.7 Å². The number of nitrogens with zero attached hydrogens (tertiary/aromatic N) is 1. The van der Waals surface area contributed by atoms with Crippen molar-refractivity contribution in [1.82, 2.24) is 4.98 Å². The van der Waals surface area contributed by atoms with Gasteiger partial charge in [0.2, 0.25) is 5.78 Å². The van der Waals surface area contributed by atoms with Gasteiger partial charge in [0.25, 0.3) is 0 Å². The van der Waals surface area contributed by atoms with E-state index in [2.05, 4.69) is 10.3 Å². The van der Waals surface area contributed by atoms with E-state index in [0.29, 0.717) is 20.6 Å². The molecule has 0 unspecified atom stereocenters. The van der Waals surface area contributed by atoms with Gasteiger partial charge in [-0.3, -0.25) is 4.79 Å². The van der Waals surface area contributed by atoms with Gasteiger partial charge in [-0.15, -0.1) is 0 Å². The number of carbonyl (C=O) groups excluding carboxylic acids is 1. The average Bonchev–Trinajstić information content (AvgIpc) is 2.98. The summed E-state index contributed by atoms with van der Waals surface area (Å²) in [6, 6.07) is 15.0. The van der Waals surface area contributed by atoms with E-state index in [1.807, 2.05) is 31.2 Å². The lowest BCUT2D eigenvalue weighted by Crippen LogP contribution is -1.99. The number of anilines is 2. The smallest absolute Gasteiger partial charge is 0.206 e. The molecule has 0 spiro atoms. The molecule has 3 aromatic rings. The number of thiazole rings is 1. The number of aromatic nitrogens is 1. The third-order valence-corrected chi connectivity index (χ3v) is 4.48. The van der Waals surface area contributed by atoms with Crippen LogP contribution in [0.15, 0.2) is 54.7 Å². The van der Waals surface area contributed by atoms with Crippen LogP contribution in [0.25, 0.3) is 0 Å². The summed E-state index contributed by atoms with van der Waals surface area (Å²) in [5.74, 6) is -0.110. The summed E-state index contributed by atoms with van der Waals surface area (Å²) in [7, 11) is 0. The fraction of sp³-hybridized carbons (Fsp3) is 0.0588. The summed E-state index contributed by atoms with van der Waals surface area (Å²) < 4.78 is 0. The fourth-order valence-corrected chi connectivity index (χ4v) is 3.05. The van der Waals surface area contributed by atoms with E-state index >= 15 is 0 Å².